The monoisotopic (exact) mass is 398 g/mol. The van der Waals surface area contributed by atoms with Crippen LogP contribution in [0.25, 0.3) is 0 Å². The molecule has 1 unspecified atom stereocenters. The van der Waals surface area contributed by atoms with Gasteiger partial charge in [-0.25, -0.2) is 4.39 Å². The molecule has 0 radical (unpaired) electrons. The number of benzene rings is 2. The van der Waals surface area contributed by atoms with Crippen LogP contribution in [-0.4, -0.2) is 6.61 Å². The van der Waals surface area contributed by atoms with Crippen molar-refractivity contribution in [1.82, 2.24) is 0 Å². The third-order valence-electron chi connectivity index (χ3n) is 3.44. The van der Waals surface area contributed by atoms with Gasteiger partial charge >= 0.3 is 0 Å². The maximum Gasteiger partial charge on any atom is 0.127 e. The highest BCUT2D eigenvalue weighted by Gasteiger charge is 2.22. The molecule has 3 rings (SSSR count). The van der Waals surface area contributed by atoms with Crippen molar-refractivity contribution in [2.45, 2.75) is 17.7 Å². The second kappa shape index (κ2) is 5.86. The van der Waals surface area contributed by atoms with Crippen LogP contribution in [0.15, 0.2) is 40.9 Å². The number of hydrogen-bond donors (Lipinski definition) is 0. The van der Waals surface area contributed by atoms with Crippen LogP contribution in [0.5, 0.6) is 5.75 Å². The van der Waals surface area contributed by atoms with Crippen LogP contribution in [0.2, 0.25) is 0 Å². The summed E-state index contributed by atoms with van der Waals surface area (Å²) in [6, 6.07) is 10.8. The summed E-state index contributed by atoms with van der Waals surface area (Å²) in [5.41, 5.74) is 3.49. The van der Waals surface area contributed by atoms with Crippen molar-refractivity contribution >= 4 is 31.9 Å². The lowest BCUT2D eigenvalue weighted by Crippen LogP contribution is -1.99. The molecule has 2 aromatic carbocycles. The van der Waals surface area contributed by atoms with E-state index in [9.17, 15) is 4.39 Å². The smallest absolute Gasteiger partial charge is 0.127 e. The minimum absolute atomic E-state index is 0.150. The molecule has 0 bridgehead atoms. The molecule has 2 aromatic rings. The molecule has 104 valence electrons. The number of ether oxygens (including phenoxy) is 1. The molecule has 1 nitrogen and oxygen atoms in total. The highest BCUT2D eigenvalue weighted by molar-refractivity contribution is 9.10. The quantitative estimate of drug-likeness (QED) is 0.644. The average molecular weight is 400 g/mol. The molecule has 0 saturated carbocycles. The minimum atomic E-state index is -0.202. The van der Waals surface area contributed by atoms with Gasteiger partial charge in [0.05, 0.1) is 6.61 Å². The lowest BCUT2D eigenvalue weighted by molar-refractivity contribution is 0.353. The van der Waals surface area contributed by atoms with Gasteiger partial charge in [0.15, 0.2) is 0 Å². The number of halogens is 3. The first-order valence-corrected chi connectivity index (χ1v) is 8.18. The van der Waals surface area contributed by atoms with Gasteiger partial charge in [-0.05, 0) is 41.8 Å². The van der Waals surface area contributed by atoms with Crippen LogP contribution in [-0.2, 0) is 12.8 Å². The highest BCUT2D eigenvalue weighted by atomic mass is 79.9. The summed E-state index contributed by atoms with van der Waals surface area (Å²) in [6.45, 7) is 0.745. The molecule has 1 aliphatic heterocycles. The molecule has 1 heterocycles. The van der Waals surface area contributed by atoms with Crippen molar-refractivity contribution in [2.24, 2.45) is 0 Å². The Hall–Kier alpha value is -0.870. The second-order valence-corrected chi connectivity index (χ2v) is 6.90. The van der Waals surface area contributed by atoms with Gasteiger partial charge in [0.25, 0.3) is 0 Å². The lowest BCUT2D eigenvalue weighted by atomic mass is 10.0. The van der Waals surface area contributed by atoms with Crippen molar-refractivity contribution < 1.29 is 9.13 Å². The summed E-state index contributed by atoms with van der Waals surface area (Å²) in [5.74, 6) is 0.795. The first kappa shape index (κ1) is 14.1. The summed E-state index contributed by atoms with van der Waals surface area (Å²) in [4.78, 5) is 0.150. The molecule has 0 fully saturated rings. The van der Waals surface area contributed by atoms with Gasteiger partial charge in [-0.1, -0.05) is 44.0 Å². The summed E-state index contributed by atoms with van der Waals surface area (Å²) in [5, 5.41) is 0. The molecule has 0 N–H and O–H groups in total. The lowest BCUT2D eigenvalue weighted by Gasteiger charge is -2.15. The zero-order valence-corrected chi connectivity index (χ0v) is 13.9. The predicted molar refractivity (Wildman–Crippen MR) is 85.1 cm³/mol. The van der Waals surface area contributed by atoms with E-state index in [4.69, 9.17) is 4.74 Å². The Labute approximate surface area is 134 Å². The van der Waals surface area contributed by atoms with E-state index >= 15 is 0 Å². The third-order valence-corrected chi connectivity index (χ3v) is 4.72. The first-order valence-electron chi connectivity index (χ1n) is 6.47. The van der Waals surface area contributed by atoms with E-state index in [0.29, 0.717) is 0 Å². The van der Waals surface area contributed by atoms with E-state index in [0.717, 1.165) is 40.8 Å². The van der Waals surface area contributed by atoms with E-state index in [2.05, 4.69) is 44.0 Å². The van der Waals surface area contributed by atoms with E-state index in [1.54, 1.807) is 0 Å². The molecule has 1 atom stereocenters. The van der Waals surface area contributed by atoms with Crippen molar-refractivity contribution in [2.75, 3.05) is 6.61 Å². The van der Waals surface area contributed by atoms with E-state index in [1.807, 2.05) is 12.1 Å². The number of alkyl halides is 1. The van der Waals surface area contributed by atoms with Gasteiger partial charge in [-0.3, -0.25) is 0 Å². The van der Waals surface area contributed by atoms with Crippen molar-refractivity contribution in [3.63, 3.8) is 0 Å². The summed E-state index contributed by atoms with van der Waals surface area (Å²) < 4.78 is 19.8. The van der Waals surface area contributed by atoms with Crippen LogP contribution in [0.4, 0.5) is 4.39 Å². The second-order valence-electron chi connectivity index (χ2n) is 4.88. The standard InChI is InChI=1S/C16H13Br2FO/c17-12-8-11-5-6-20-16(11)14(9-12)15(18)7-10-1-3-13(19)4-2-10/h1-4,8-9,15H,5-7H2. The molecule has 0 saturated heterocycles. The van der Waals surface area contributed by atoms with Crippen LogP contribution in [0, 0.1) is 5.82 Å². The molecule has 0 aromatic heterocycles. The maximum absolute atomic E-state index is 12.9. The van der Waals surface area contributed by atoms with Gasteiger partial charge < -0.3 is 4.74 Å². The van der Waals surface area contributed by atoms with Crippen LogP contribution < -0.4 is 4.74 Å². The van der Waals surface area contributed by atoms with Crippen LogP contribution in [0.3, 0.4) is 0 Å². The molecule has 1 aliphatic rings. The SMILES string of the molecule is Fc1ccc(CC(Br)c2cc(Br)cc3c2OCC3)cc1. The van der Waals surface area contributed by atoms with E-state index in [1.165, 1.54) is 17.7 Å². The average Bonchev–Trinajstić information content (AvgIpc) is 2.88. The summed E-state index contributed by atoms with van der Waals surface area (Å²) >= 11 is 7.29. The summed E-state index contributed by atoms with van der Waals surface area (Å²) in [7, 11) is 0. The fourth-order valence-electron chi connectivity index (χ4n) is 2.47. The Morgan fingerprint density at radius 2 is 1.95 bits per heavy atom. The van der Waals surface area contributed by atoms with Gasteiger partial charge in [-0.2, -0.15) is 0 Å². The fraction of sp³-hybridized carbons (Fsp3) is 0.250. The molecule has 0 aliphatic carbocycles. The Bertz CT molecular complexity index is 625. The summed E-state index contributed by atoms with van der Waals surface area (Å²) in [6.07, 6.45) is 1.75. The molecule has 20 heavy (non-hydrogen) atoms. The normalized spacial score (nSPS) is 14.8. The van der Waals surface area contributed by atoms with E-state index < -0.39 is 0 Å². The topological polar surface area (TPSA) is 9.23 Å². The maximum atomic E-state index is 12.9. The minimum Gasteiger partial charge on any atom is -0.493 e. The molecular formula is C16H13Br2FO. The van der Waals surface area contributed by atoms with Gasteiger partial charge in [0.1, 0.15) is 11.6 Å². The number of rotatable bonds is 3. The third kappa shape index (κ3) is 2.91. The zero-order valence-electron chi connectivity index (χ0n) is 10.7. The van der Waals surface area contributed by atoms with Crippen LogP contribution >= 0.6 is 31.9 Å². The van der Waals surface area contributed by atoms with Crippen molar-refractivity contribution in [3.8, 4) is 5.75 Å². The Morgan fingerprint density at radius 3 is 2.70 bits per heavy atom. The Kier molecular flexibility index (Phi) is 4.13. The largest absolute Gasteiger partial charge is 0.493 e. The van der Waals surface area contributed by atoms with Gasteiger partial charge in [0, 0.05) is 21.3 Å². The van der Waals surface area contributed by atoms with Crippen LogP contribution in [0.1, 0.15) is 21.5 Å². The van der Waals surface area contributed by atoms with Gasteiger partial charge in [0.2, 0.25) is 0 Å². The van der Waals surface area contributed by atoms with E-state index in [-0.39, 0.29) is 10.6 Å². The fourth-order valence-corrected chi connectivity index (χ4v) is 3.70. The number of hydrogen-bond acceptors (Lipinski definition) is 1. The van der Waals surface area contributed by atoms with Crippen molar-refractivity contribution in [3.05, 3.63) is 63.4 Å². The molecular weight excluding hydrogens is 387 g/mol. The highest BCUT2D eigenvalue weighted by Crippen LogP contribution is 2.40. The van der Waals surface area contributed by atoms with Gasteiger partial charge in [-0.15, -0.1) is 0 Å². The Balaban J connectivity index is 1.87. The molecule has 0 spiro atoms. The number of fused-ring (bicyclic) bond motifs is 1. The Morgan fingerprint density at radius 1 is 1.20 bits per heavy atom. The molecule has 4 heteroatoms. The zero-order chi connectivity index (χ0) is 14.1. The molecule has 0 amide bonds. The predicted octanol–water partition coefficient (Wildman–Crippen LogP) is 5.20. The van der Waals surface area contributed by atoms with Crippen molar-refractivity contribution in [1.29, 1.82) is 0 Å². The first-order chi connectivity index (χ1) is 9.63.